The van der Waals surface area contributed by atoms with Gasteiger partial charge in [-0.15, -0.1) is 0 Å². The van der Waals surface area contributed by atoms with Gasteiger partial charge in [0.2, 0.25) is 0 Å². The minimum Gasteiger partial charge on any atom is -0.465 e. The predicted octanol–water partition coefficient (Wildman–Crippen LogP) is 4.95. The topological polar surface area (TPSA) is 18.5 Å². The van der Waals surface area contributed by atoms with Crippen LogP contribution in [0.1, 0.15) is 51.0 Å². The molecular weight excluding hydrogens is 272 g/mol. The smallest absolute Gasteiger partial charge is 0.196 e. The fourth-order valence-corrected chi connectivity index (χ4v) is 5.60. The van der Waals surface area contributed by atoms with Crippen molar-refractivity contribution in [3.8, 4) is 5.75 Å². The van der Waals surface area contributed by atoms with E-state index in [1.807, 2.05) is 19.1 Å². The van der Waals surface area contributed by atoms with Crippen molar-refractivity contribution in [1.29, 1.82) is 0 Å². The quantitative estimate of drug-likeness (QED) is 0.716. The molecule has 22 heavy (non-hydrogen) atoms. The van der Waals surface area contributed by atoms with Crippen molar-refractivity contribution >= 4 is 0 Å². The van der Waals surface area contributed by atoms with E-state index in [9.17, 15) is 0 Å². The highest BCUT2D eigenvalue weighted by Crippen LogP contribution is 2.60. The third-order valence-electron chi connectivity index (χ3n) is 6.11. The molecule has 4 aliphatic rings. The third kappa shape index (κ3) is 2.90. The van der Waals surface area contributed by atoms with Crippen LogP contribution in [0.2, 0.25) is 0 Å². The number of ether oxygens (including phenoxy) is 2. The number of benzene rings is 1. The molecule has 1 aromatic rings. The van der Waals surface area contributed by atoms with Gasteiger partial charge >= 0.3 is 0 Å². The molecule has 0 heterocycles. The summed E-state index contributed by atoms with van der Waals surface area (Å²) in [6.45, 7) is 5.01. The Balaban J connectivity index is 1.33. The maximum absolute atomic E-state index is 6.14. The standard InChI is InChI=1S/C20H28O2/c1-14-3-5-19(6-4-14)22-15(2)21-13-20-10-16-7-17(11-20)9-18(8-16)12-20/h3-6,15-18H,7-13H2,1-2H3. The zero-order chi connectivity index (χ0) is 15.2. The highest BCUT2D eigenvalue weighted by Gasteiger charge is 2.51. The Labute approximate surface area is 134 Å². The van der Waals surface area contributed by atoms with Gasteiger partial charge in [0.25, 0.3) is 0 Å². The van der Waals surface area contributed by atoms with E-state index >= 15 is 0 Å². The number of rotatable bonds is 5. The third-order valence-corrected chi connectivity index (χ3v) is 6.11. The molecule has 4 fully saturated rings. The summed E-state index contributed by atoms with van der Waals surface area (Å²) >= 11 is 0. The summed E-state index contributed by atoms with van der Waals surface area (Å²) in [4.78, 5) is 0. The van der Waals surface area contributed by atoms with E-state index < -0.39 is 0 Å². The van der Waals surface area contributed by atoms with E-state index in [1.54, 1.807) is 0 Å². The van der Waals surface area contributed by atoms with Crippen molar-refractivity contribution in [2.45, 2.75) is 58.7 Å². The molecule has 4 saturated carbocycles. The van der Waals surface area contributed by atoms with Gasteiger partial charge in [0, 0.05) is 0 Å². The summed E-state index contributed by atoms with van der Waals surface area (Å²) in [6, 6.07) is 8.22. The van der Waals surface area contributed by atoms with Crippen LogP contribution >= 0.6 is 0 Å². The summed E-state index contributed by atoms with van der Waals surface area (Å²) in [5.74, 6) is 3.87. The van der Waals surface area contributed by atoms with E-state index in [-0.39, 0.29) is 6.29 Å². The fourth-order valence-electron chi connectivity index (χ4n) is 5.60. The van der Waals surface area contributed by atoms with E-state index in [1.165, 1.54) is 44.1 Å². The van der Waals surface area contributed by atoms with Crippen molar-refractivity contribution in [3.63, 3.8) is 0 Å². The zero-order valence-corrected chi connectivity index (χ0v) is 13.9. The van der Waals surface area contributed by atoms with Gasteiger partial charge in [-0.05, 0) is 87.7 Å². The molecule has 5 rings (SSSR count). The molecule has 1 unspecified atom stereocenters. The van der Waals surface area contributed by atoms with Gasteiger partial charge in [0.15, 0.2) is 6.29 Å². The summed E-state index contributed by atoms with van der Waals surface area (Å²) in [5, 5.41) is 0. The SMILES string of the molecule is Cc1ccc(OC(C)OCC23CC4CC(CC(C4)C2)C3)cc1. The second kappa shape index (κ2) is 5.56. The van der Waals surface area contributed by atoms with Gasteiger partial charge in [0.05, 0.1) is 6.61 Å². The molecule has 1 aromatic carbocycles. The molecule has 4 aliphatic carbocycles. The lowest BCUT2D eigenvalue weighted by atomic mass is 9.50. The average molecular weight is 300 g/mol. The number of hydrogen-bond acceptors (Lipinski definition) is 2. The molecular formula is C20H28O2. The largest absolute Gasteiger partial charge is 0.465 e. The molecule has 1 atom stereocenters. The van der Waals surface area contributed by atoms with Crippen molar-refractivity contribution in [3.05, 3.63) is 29.8 Å². The molecule has 0 aliphatic heterocycles. The van der Waals surface area contributed by atoms with E-state index in [2.05, 4.69) is 19.1 Å². The van der Waals surface area contributed by atoms with Gasteiger partial charge in [-0.1, -0.05) is 17.7 Å². The maximum atomic E-state index is 6.14. The van der Waals surface area contributed by atoms with Crippen LogP contribution in [-0.2, 0) is 4.74 Å². The van der Waals surface area contributed by atoms with Crippen LogP contribution in [0.3, 0.4) is 0 Å². The molecule has 0 amide bonds. The first-order chi connectivity index (χ1) is 10.6. The normalized spacial score (nSPS) is 37.3. The Morgan fingerprint density at radius 3 is 2.09 bits per heavy atom. The van der Waals surface area contributed by atoms with Crippen LogP contribution in [0.15, 0.2) is 24.3 Å². The van der Waals surface area contributed by atoms with Gasteiger partial charge < -0.3 is 9.47 Å². The van der Waals surface area contributed by atoms with Gasteiger partial charge in [-0.2, -0.15) is 0 Å². The maximum Gasteiger partial charge on any atom is 0.196 e. The first-order valence-corrected chi connectivity index (χ1v) is 8.95. The van der Waals surface area contributed by atoms with Crippen LogP contribution in [0, 0.1) is 30.1 Å². The monoisotopic (exact) mass is 300 g/mol. The molecule has 0 spiro atoms. The van der Waals surface area contributed by atoms with Crippen LogP contribution in [0.25, 0.3) is 0 Å². The minimum atomic E-state index is -0.157. The summed E-state index contributed by atoms with van der Waals surface area (Å²) in [5.41, 5.74) is 1.73. The van der Waals surface area contributed by atoms with E-state index in [0.717, 1.165) is 30.1 Å². The van der Waals surface area contributed by atoms with Gasteiger partial charge in [-0.25, -0.2) is 0 Å². The Morgan fingerprint density at radius 2 is 1.55 bits per heavy atom. The van der Waals surface area contributed by atoms with Crippen molar-refractivity contribution in [2.75, 3.05) is 6.61 Å². The highest BCUT2D eigenvalue weighted by molar-refractivity contribution is 5.26. The molecule has 2 nitrogen and oxygen atoms in total. The lowest BCUT2D eigenvalue weighted by molar-refractivity contribution is -0.146. The van der Waals surface area contributed by atoms with E-state index in [0.29, 0.717) is 5.41 Å². The number of aryl methyl sites for hydroxylation is 1. The first kappa shape index (κ1) is 14.6. The summed E-state index contributed by atoms with van der Waals surface area (Å²) in [7, 11) is 0. The lowest BCUT2D eigenvalue weighted by Crippen LogP contribution is -2.48. The van der Waals surface area contributed by atoms with Crippen molar-refractivity contribution in [1.82, 2.24) is 0 Å². The predicted molar refractivity (Wildman–Crippen MR) is 87.8 cm³/mol. The Morgan fingerprint density at radius 1 is 1.00 bits per heavy atom. The molecule has 120 valence electrons. The number of hydrogen-bond donors (Lipinski definition) is 0. The second-order valence-corrected chi connectivity index (χ2v) is 8.23. The fraction of sp³-hybridized carbons (Fsp3) is 0.700. The van der Waals surface area contributed by atoms with Crippen molar-refractivity contribution in [2.24, 2.45) is 23.2 Å². The first-order valence-electron chi connectivity index (χ1n) is 8.95. The van der Waals surface area contributed by atoms with E-state index in [4.69, 9.17) is 9.47 Å². The van der Waals surface area contributed by atoms with Crippen LogP contribution in [0.5, 0.6) is 5.75 Å². The molecule has 0 N–H and O–H groups in total. The zero-order valence-electron chi connectivity index (χ0n) is 13.9. The van der Waals surface area contributed by atoms with Crippen LogP contribution in [-0.4, -0.2) is 12.9 Å². The van der Waals surface area contributed by atoms with Crippen LogP contribution in [0.4, 0.5) is 0 Å². The Hall–Kier alpha value is -1.02. The van der Waals surface area contributed by atoms with Gasteiger partial charge in [0.1, 0.15) is 5.75 Å². The van der Waals surface area contributed by atoms with Crippen molar-refractivity contribution < 1.29 is 9.47 Å². The van der Waals surface area contributed by atoms with Gasteiger partial charge in [-0.3, -0.25) is 0 Å². The molecule has 0 saturated heterocycles. The summed E-state index contributed by atoms with van der Waals surface area (Å²) < 4.78 is 12.0. The average Bonchev–Trinajstić information content (AvgIpc) is 2.46. The molecule has 4 bridgehead atoms. The van der Waals surface area contributed by atoms with Crippen LogP contribution < -0.4 is 4.74 Å². The molecule has 2 heteroatoms. The Kier molecular flexibility index (Phi) is 3.68. The minimum absolute atomic E-state index is 0.157. The molecule has 0 aromatic heterocycles. The molecule has 0 radical (unpaired) electrons. The second-order valence-electron chi connectivity index (χ2n) is 8.23. The lowest BCUT2D eigenvalue weighted by Gasteiger charge is -2.56. The Bertz CT molecular complexity index is 484. The highest BCUT2D eigenvalue weighted by atomic mass is 16.7. The summed E-state index contributed by atoms with van der Waals surface area (Å²) in [6.07, 6.45) is 8.52.